The number of rotatable bonds is 10. The number of benzene rings is 4. The normalized spacial score (nSPS) is 12.3. The molecule has 9 nitrogen and oxygen atoms in total. The third-order valence-electron chi connectivity index (χ3n) is 7.70. The van der Waals surface area contributed by atoms with Crippen LogP contribution < -0.4 is 29.2 Å². The van der Waals surface area contributed by atoms with Crippen LogP contribution >= 0.6 is 15.9 Å². The molecule has 0 saturated carbocycles. The molecule has 1 aromatic heterocycles. The van der Waals surface area contributed by atoms with Gasteiger partial charge in [-0.25, -0.2) is 4.98 Å². The highest BCUT2D eigenvalue weighted by Gasteiger charge is 2.19. The zero-order chi connectivity index (χ0) is 32.4. The molecule has 0 radical (unpaired) electrons. The molecule has 0 fully saturated rings. The second-order valence-corrected chi connectivity index (χ2v) is 12.0. The number of aromatic nitrogens is 2. The van der Waals surface area contributed by atoms with Gasteiger partial charge in [0.1, 0.15) is 12.4 Å². The molecule has 4 aromatic carbocycles. The van der Waals surface area contributed by atoms with Crippen LogP contribution in [-0.2, 0) is 6.61 Å². The van der Waals surface area contributed by atoms with Gasteiger partial charge < -0.3 is 23.7 Å². The predicted molar refractivity (Wildman–Crippen MR) is 182 cm³/mol. The third kappa shape index (κ3) is 6.17. The van der Waals surface area contributed by atoms with Crippen LogP contribution in [0.4, 0.5) is 0 Å². The van der Waals surface area contributed by atoms with E-state index in [4.69, 9.17) is 33.8 Å². The standard InChI is InChI=1S/C36H34BrN3O6/c1-6-43-31-13-22(4)27(16-26(31)21(2)3)35-39-29-10-8-7-9-25(29)36(41)40(35)38-18-24-15-32(42-5)34(17-28(24)37)44-19-23-11-12-30-33(14-23)46-20-45-30/h7-18,21H,6,19-20H2,1-5H3. The lowest BCUT2D eigenvalue weighted by atomic mass is 9.96. The summed E-state index contributed by atoms with van der Waals surface area (Å²) >= 11 is 3.65. The van der Waals surface area contributed by atoms with Crippen molar-refractivity contribution in [3.05, 3.63) is 104 Å². The van der Waals surface area contributed by atoms with E-state index in [0.29, 0.717) is 57.2 Å². The Hall–Kier alpha value is -4.83. The van der Waals surface area contributed by atoms with Gasteiger partial charge in [0.2, 0.25) is 6.79 Å². The minimum absolute atomic E-state index is 0.194. The third-order valence-corrected chi connectivity index (χ3v) is 8.39. The molecular weight excluding hydrogens is 650 g/mol. The first-order chi connectivity index (χ1) is 22.3. The van der Waals surface area contributed by atoms with Gasteiger partial charge in [0, 0.05) is 15.6 Å². The molecule has 1 aliphatic rings. The Morgan fingerprint density at radius 2 is 1.80 bits per heavy atom. The highest BCUT2D eigenvalue weighted by molar-refractivity contribution is 9.10. The van der Waals surface area contributed by atoms with Crippen LogP contribution in [0.3, 0.4) is 0 Å². The second-order valence-electron chi connectivity index (χ2n) is 11.1. The Bertz CT molecular complexity index is 2020. The second kappa shape index (κ2) is 13.3. The van der Waals surface area contributed by atoms with Crippen LogP contribution in [0.15, 0.2) is 81.1 Å². The molecule has 0 saturated heterocycles. The first-order valence-electron chi connectivity index (χ1n) is 15.0. The molecule has 2 heterocycles. The largest absolute Gasteiger partial charge is 0.494 e. The van der Waals surface area contributed by atoms with Crippen molar-refractivity contribution in [1.82, 2.24) is 9.66 Å². The summed E-state index contributed by atoms with van der Waals surface area (Å²) in [4.78, 5) is 18.8. The summed E-state index contributed by atoms with van der Waals surface area (Å²) in [6, 6.07) is 20.7. The number of nitrogens with zero attached hydrogens (tertiary/aromatic N) is 3. The number of hydrogen-bond acceptors (Lipinski definition) is 8. The van der Waals surface area contributed by atoms with E-state index in [2.05, 4.69) is 35.8 Å². The Labute approximate surface area is 275 Å². The van der Waals surface area contributed by atoms with Crippen LogP contribution in [0.5, 0.6) is 28.7 Å². The molecule has 0 atom stereocenters. The Kier molecular flexibility index (Phi) is 8.99. The summed E-state index contributed by atoms with van der Waals surface area (Å²) in [5, 5.41) is 5.18. The molecule has 0 bridgehead atoms. The van der Waals surface area contributed by atoms with E-state index in [1.54, 1.807) is 25.5 Å². The Morgan fingerprint density at radius 3 is 2.59 bits per heavy atom. The molecule has 10 heteroatoms. The van der Waals surface area contributed by atoms with Crippen molar-refractivity contribution in [1.29, 1.82) is 0 Å². The van der Waals surface area contributed by atoms with Gasteiger partial charge in [-0.2, -0.15) is 9.78 Å². The summed E-state index contributed by atoms with van der Waals surface area (Å²) in [5.41, 5.74) is 4.69. The van der Waals surface area contributed by atoms with Crippen molar-refractivity contribution < 1.29 is 23.7 Å². The summed E-state index contributed by atoms with van der Waals surface area (Å²) in [6.07, 6.45) is 1.61. The first kappa shape index (κ1) is 31.2. The Balaban J connectivity index is 1.38. The lowest BCUT2D eigenvalue weighted by Crippen LogP contribution is -2.21. The maximum absolute atomic E-state index is 13.9. The predicted octanol–water partition coefficient (Wildman–Crippen LogP) is 7.86. The van der Waals surface area contributed by atoms with Gasteiger partial charge in [-0.1, -0.05) is 32.0 Å². The zero-order valence-electron chi connectivity index (χ0n) is 26.3. The summed E-state index contributed by atoms with van der Waals surface area (Å²) < 4.78 is 30.7. The molecule has 0 aliphatic carbocycles. The molecular formula is C36H34BrN3O6. The molecule has 0 unspecified atom stereocenters. The molecule has 6 rings (SSSR count). The molecule has 46 heavy (non-hydrogen) atoms. The summed E-state index contributed by atoms with van der Waals surface area (Å²) in [7, 11) is 1.58. The zero-order valence-corrected chi connectivity index (χ0v) is 27.9. The summed E-state index contributed by atoms with van der Waals surface area (Å²) in [6.45, 7) is 9.26. The lowest BCUT2D eigenvalue weighted by Gasteiger charge is -2.18. The molecule has 1 aliphatic heterocycles. The van der Waals surface area contributed by atoms with Crippen LogP contribution in [-0.4, -0.2) is 36.4 Å². The van der Waals surface area contributed by atoms with E-state index in [1.807, 2.05) is 62.4 Å². The smallest absolute Gasteiger partial charge is 0.282 e. The minimum atomic E-state index is -0.275. The van der Waals surface area contributed by atoms with E-state index in [0.717, 1.165) is 33.8 Å². The van der Waals surface area contributed by atoms with E-state index in [-0.39, 0.29) is 18.3 Å². The van der Waals surface area contributed by atoms with Crippen molar-refractivity contribution in [3.63, 3.8) is 0 Å². The monoisotopic (exact) mass is 683 g/mol. The van der Waals surface area contributed by atoms with Crippen molar-refractivity contribution in [3.8, 4) is 40.1 Å². The topological polar surface area (TPSA) is 93.4 Å². The van der Waals surface area contributed by atoms with Gasteiger partial charge in [0.25, 0.3) is 5.56 Å². The van der Waals surface area contributed by atoms with Crippen LogP contribution in [0.2, 0.25) is 0 Å². The number of halogens is 1. The fourth-order valence-electron chi connectivity index (χ4n) is 5.31. The number of para-hydroxylation sites is 1. The molecule has 5 aromatic rings. The molecule has 236 valence electrons. The highest BCUT2D eigenvalue weighted by Crippen LogP contribution is 2.37. The number of fused-ring (bicyclic) bond motifs is 2. The molecule has 0 spiro atoms. The maximum Gasteiger partial charge on any atom is 0.282 e. The van der Waals surface area contributed by atoms with Crippen LogP contribution in [0.25, 0.3) is 22.3 Å². The van der Waals surface area contributed by atoms with Crippen molar-refractivity contribution in [2.75, 3.05) is 20.5 Å². The van der Waals surface area contributed by atoms with E-state index >= 15 is 0 Å². The van der Waals surface area contributed by atoms with E-state index < -0.39 is 0 Å². The van der Waals surface area contributed by atoms with E-state index in [9.17, 15) is 4.79 Å². The van der Waals surface area contributed by atoms with Gasteiger partial charge >= 0.3 is 0 Å². The fraction of sp³-hybridized carbons (Fsp3) is 0.250. The number of methoxy groups -OCH3 is 1. The fourth-order valence-corrected chi connectivity index (χ4v) is 5.73. The minimum Gasteiger partial charge on any atom is -0.494 e. The van der Waals surface area contributed by atoms with Gasteiger partial charge in [-0.15, -0.1) is 0 Å². The average Bonchev–Trinajstić information content (AvgIpc) is 3.52. The summed E-state index contributed by atoms with van der Waals surface area (Å²) in [5.74, 6) is 3.93. The number of ether oxygens (including phenoxy) is 5. The quantitative estimate of drug-likeness (QED) is 0.138. The van der Waals surface area contributed by atoms with Crippen LogP contribution in [0, 0.1) is 6.92 Å². The van der Waals surface area contributed by atoms with Gasteiger partial charge in [0.15, 0.2) is 28.8 Å². The van der Waals surface area contributed by atoms with Crippen molar-refractivity contribution in [2.24, 2.45) is 5.10 Å². The molecule has 0 amide bonds. The highest BCUT2D eigenvalue weighted by atomic mass is 79.9. The maximum atomic E-state index is 13.9. The van der Waals surface area contributed by atoms with Gasteiger partial charge in [0.05, 0.1) is 30.8 Å². The number of hydrogen-bond donors (Lipinski definition) is 0. The Morgan fingerprint density at radius 1 is 1.00 bits per heavy atom. The average molecular weight is 685 g/mol. The van der Waals surface area contributed by atoms with E-state index in [1.165, 1.54) is 4.68 Å². The number of aryl methyl sites for hydroxylation is 1. The van der Waals surface area contributed by atoms with Gasteiger partial charge in [-0.3, -0.25) is 4.79 Å². The van der Waals surface area contributed by atoms with Crippen LogP contribution in [0.1, 0.15) is 48.9 Å². The van der Waals surface area contributed by atoms with Crippen molar-refractivity contribution in [2.45, 2.75) is 40.2 Å². The molecule has 0 N–H and O–H groups in total. The van der Waals surface area contributed by atoms with Gasteiger partial charge in [-0.05, 0) is 101 Å². The lowest BCUT2D eigenvalue weighted by molar-refractivity contribution is 0.174. The first-order valence-corrected chi connectivity index (χ1v) is 15.8. The van der Waals surface area contributed by atoms with Crippen molar-refractivity contribution >= 4 is 33.0 Å². The SMILES string of the molecule is CCOc1cc(C)c(-c2nc3ccccc3c(=O)n2N=Cc2cc(OC)c(OCc3ccc4c(c3)OCO4)cc2Br)cc1C(C)C.